The van der Waals surface area contributed by atoms with Crippen molar-refractivity contribution >= 4 is 22.9 Å². The van der Waals surface area contributed by atoms with E-state index in [1.807, 2.05) is 6.08 Å². The average molecular weight is 367 g/mol. The summed E-state index contributed by atoms with van der Waals surface area (Å²) in [6, 6.07) is 0.624. The molecule has 2 aliphatic heterocycles. The molecule has 6 heteroatoms. The van der Waals surface area contributed by atoms with Gasteiger partial charge in [-0.05, 0) is 75.1 Å². The number of imide groups is 1. The van der Waals surface area contributed by atoms with Crippen molar-refractivity contribution in [1.82, 2.24) is 10.6 Å². The van der Waals surface area contributed by atoms with Crippen LogP contribution in [0.5, 0.6) is 0 Å². The fourth-order valence-corrected chi connectivity index (χ4v) is 4.77. The van der Waals surface area contributed by atoms with E-state index in [4.69, 9.17) is 4.74 Å². The second kappa shape index (κ2) is 9.19. The van der Waals surface area contributed by atoms with E-state index in [-0.39, 0.29) is 11.1 Å². The molecule has 0 spiro atoms. The molecular weight excluding hydrogens is 336 g/mol. The molecule has 3 aliphatic rings. The first-order valence-electron chi connectivity index (χ1n) is 9.74. The third kappa shape index (κ3) is 5.56. The van der Waals surface area contributed by atoms with Gasteiger partial charge in [0.25, 0.3) is 11.1 Å². The van der Waals surface area contributed by atoms with E-state index in [2.05, 4.69) is 17.6 Å². The number of nitrogens with one attached hydrogen (secondary N) is 2. The van der Waals surface area contributed by atoms with Crippen LogP contribution in [0.15, 0.2) is 11.0 Å². The van der Waals surface area contributed by atoms with Crippen LogP contribution in [0.1, 0.15) is 58.3 Å². The van der Waals surface area contributed by atoms with Crippen LogP contribution in [-0.4, -0.2) is 36.4 Å². The molecule has 0 aromatic carbocycles. The summed E-state index contributed by atoms with van der Waals surface area (Å²) in [5.41, 5.74) is 0. The number of amides is 2. The molecule has 25 heavy (non-hydrogen) atoms. The zero-order valence-corrected chi connectivity index (χ0v) is 15.9. The maximum absolute atomic E-state index is 11.6. The van der Waals surface area contributed by atoms with Crippen LogP contribution in [0.25, 0.3) is 0 Å². The van der Waals surface area contributed by atoms with Gasteiger partial charge in [0.2, 0.25) is 0 Å². The van der Waals surface area contributed by atoms with Gasteiger partial charge in [-0.3, -0.25) is 14.9 Å². The van der Waals surface area contributed by atoms with Gasteiger partial charge in [-0.25, -0.2) is 0 Å². The molecule has 1 saturated carbocycles. The van der Waals surface area contributed by atoms with E-state index < -0.39 is 0 Å². The van der Waals surface area contributed by atoms with Gasteiger partial charge >= 0.3 is 0 Å². The number of ether oxygens (including phenoxy) is 1. The maximum atomic E-state index is 11.6. The van der Waals surface area contributed by atoms with Gasteiger partial charge in [0.05, 0.1) is 11.0 Å². The molecule has 2 atom stereocenters. The van der Waals surface area contributed by atoms with Crippen LogP contribution in [0.2, 0.25) is 0 Å². The zero-order chi connectivity index (χ0) is 17.6. The Kier molecular flexibility index (Phi) is 6.96. The number of hydrogen-bond acceptors (Lipinski definition) is 5. The Bertz CT molecular complexity index is 507. The number of carbonyl (C=O) groups is 2. The van der Waals surface area contributed by atoms with Crippen LogP contribution in [-0.2, 0) is 9.53 Å². The molecule has 5 nitrogen and oxygen atoms in total. The molecule has 3 rings (SSSR count). The number of carbonyl (C=O) groups excluding carboxylic acids is 2. The molecule has 2 N–H and O–H groups in total. The van der Waals surface area contributed by atoms with E-state index in [0.29, 0.717) is 23.0 Å². The highest BCUT2D eigenvalue weighted by atomic mass is 32.2. The molecule has 3 fully saturated rings. The highest BCUT2D eigenvalue weighted by Gasteiger charge is 2.28. The lowest BCUT2D eigenvalue weighted by Crippen LogP contribution is -2.39. The van der Waals surface area contributed by atoms with Crippen LogP contribution in [0, 0.1) is 11.8 Å². The summed E-state index contributed by atoms with van der Waals surface area (Å²) in [5.74, 6) is 1.01. The number of allylic oxidation sites excluding steroid dienone is 1. The monoisotopic (exact) mass is 366 g/mol. The van der Waals surface area contributed by atoms with Gasteiger partial charge in [-0.15, -0.1) is 0 Å². The Labute approximate surface area is 154 Å². The Balaban J connectivity index is 1.31. The predicted molar refractivity (Wildman–Crippen MR) is 100 cm³/mol. The molecule has 2 saturated heterocycles. The van der Waals surface area contributed by atoms with Gasteiger partial charge in [-0.1, -0.05) is 19.4 Å². The first-order chi connectivity index (χ1) is 12.1. The van der Waals surface area contributed by atoms with Crippen molar-refractivity contribution in [3.05, 3.63) is 11.0 Å². The number of hydrogen-bond donors (Lipinski definition) is 2. The first kappa shape index (κ1) is 18.9. The molecule has 140 valence electrons. The van der Waals surface area contributed by atoms with Crippen molar-refractivity contribution in [1.29, 1.82) is 0 Å². The van der Waals surface area contributed by atoms with Crippen molar-refractivity contribution in [3.8, 4) is 0 Å². The molecule has 2 unspecified atom stereocenters. The van der Waals surface area contributed by atoms with Crippen LogP contribution in [0.4, 0.5) is 4.79 Å². The second-order valence-electron chi connectivity index (χ2n) is 7.53. The van der Waals surface area contributed by atoms with Crippen molar-refractivity contribution < 1.29 is 14.3 Å². The Morgan fingerprint density at radius 2 is 1.96 bits per heavy atom. The fourth-order valence-electron chi connectivity index (χ4n) is 4.02. The molecule has 0 bridgehead atoms. The third-order valence-corrected chi connectivity index (χ3v) is 6.59. The van der Waals surface area contributed by atoms with Gasteiger partial charge in [0, 0.05) is 12.6 Å². The largest absolute Gasteiger partial charge is 0.378 e. The minimum absolute atomic E-state index is 0.237. The minimum Gasteiger partial charge on any atom is -0.378 e. The van der Waals surface area contributed by atoms with E-state index in [0.717, 1.165) is 62.9 Å². The SMILES string of the molecule is CCC1CCC(CCOC2CCC(/C=C3\SC(=O)NC3=O)CC2)NC1. The minimum atomic E-state index is -0.255. The summed E-state index contributed by atoms with van der Waals surface area (Å²) in [5, 5.41) is 5.72. The summed E-state index contributed by atoms with van der Waals surface area (Å²) >= 11 is 1.02. The Hall–Kier alpha value is -0.850. The van der Waals surface area contributed by atoms with Gasteiger partial charge < -0.3 is 10.1 Å². The lowest BCUT2D eigenvalue weighted by molar-refractivity contribution is -0.115. The molecule has 2 amide bonds. The Morgan fingerprint density at radius 1 is 1.16 bits per heavy atom. The van der Waals surface area contributed by atoms with Crippen LogP contribution < -0.4 is 10.6 Å². The summed E-state index contributed by atoms with van der Waals surface area (Å²) in [6.45, 7) is 4.28. The van der Waals surface area contributed by atoms with Gasteiger partial charge in [0.1, 0.15) is 0 Å². The maximum Gasteiger partial charge on any atom is 0.290 e. The van der Waals surface area contributed by atoms with Crippen molar-refractivity contribution in [3.63, 3.8) is 0 Å². The molecule has 2 heterocycles. The zero-order valence-electron chi connectivity index (χ0n) is 15.1. The van der Waals surface area contributed by atoms with Crippen molar-refractivity contribution in [2.45, 2.75) is 70.4 Å². The molecule has 0 aromatic rings. The molecule has 0 radical (unpaired) electrons. The van der Waals surface area contributed by atoms with E-state index >= 15 is 0 Å². The summed E-state index contributed by atoms with van der Waals surface area (Å²) in [4.78, 5) is 23.4. The summed E-state index contributed by atoms with van der Waals surface area (Å²) < 4.78 is 6.10. The Morgan fingerprint density at radius 3 is 2.56 bits per heavy atom. The topological polar surface area (TPSA) is 67.4 Å². The molecule has 1 aliphatic carbocycles. The number of thioether (sulfide) groups is 1. The lowest BCUT2D eigenvalue weighted by atomic mass is 9.87. The van der Waals surface area contributed by atoms with Gasteiger partial charge in [0.15, 0.2) is 0 Å². The van der Waals surface area contributed by atoms with Crippen LogP contribution >= 0.6 is 11.8 Å². The quantitative estimate of drug-likeness (QED) is 0.703. The number of rotatable bonds is 6. The third-order valence-electron chi connectivity index (χ3n) is 5.76. The summed E-state index contributed by atoms with van der Waals surface area (Å²) in [6.07, 6.45) is 11.5. The normalized spacial score (nSPS) is 35.2. The summed E-state index contributed by atoms with van der Waals surface area (Å²) in [7, 11) is 0. The number of piperidine rings is 1. The van der Waals surface area contributed by atoms with Crippen molar-refractivity contribution in [2.24, 2.45) is 11.8 Å². The van der Waals surface area contributed by atoms with Gasteiger partial charge in [-0.2, -0.15) is 0 Å². The lowest BCUT2D eigenvalue weighted by Gasteiger charge is -2.31. The highest BCUT2D eigenvalue weighted by molar-refractivity contribution is 8.18. The standard InChI is InChI=1S/C19H30N2O3S/c1-2-13-3-6-15(20-12-13)9-10-24-16-7-4-14(5-8-16)11-17-18(22)21-19(23)25-17/h11,13-16,20H,2-10,12H2,1H3,(H,21,22,23)/b17-11-. The fraction of sp³-hybridized carbons (Fsp3) is 0.789. The molecular formula is C19H30N2O3S. The first-order valence-corrected chi connectivity index (χ1v) is 10.6. The average Bonchev–Trinajstić information content (AvgIpc) is 2.94. The van der Waals surface area contributed by atoms with Crippen LogP contribution in [0.3, 0.4) is 0 Å². The van der Waals surface area contributed by atoms with E-state index in [1.54, 1.807) is 0 Å². The molecule has 0 aromatic heterocycles. The predicted octanol–water partition coefficient (Wildman–Crippen LogP) is 3.60. The van der Waals surface area contributed by atoms with E-state index in [9.17, 15) is 9.59 Å². The van der Waals surface area contributed by atoms with Crippen molar-refractivity contribution in [2.75, 3.05) is 13.2 Å². The second-order valence-corrected chi connectivity index (χ2v) is 8.54. The van der Waals surface area contributed by atoms with E-state index in [1.165, 1.54) is 19.3 Å². The highest BCUT2D eigenvalue weighted by Crippen LogP contribution is 2.32. The smallest absolute Gasteiger partial charge is 0.290 e.